The summed E-state index contributed by atoms with van der Waals surface area (Å²) in [6.07, 6.45) is 6.89. The first kappa shape index (κ1) is 14.2. The maximum absolute atomic E-state index is 12.7. The first-order valence-corrected chi connectivity index (χ1v) is 8.34. The van der Waals surface area contributed by atoms with Crippen LogP contribution in [0.3, 0.4) is 0 Å². The monoisotopic (exact) mass is 304 g/mol. The normalized spacial score (nSPS) is 31.9. The lowest BCUT2D eigenvalue weighted by atomic mass is 10.1. The van der Waals surface area contributed by atoms with Gasteiger partial charge in [0.15, 0.2) is 0 Å². The fraction of sp³-hybridized carbons (Fsp3) is 0.750. The molecule has 3 fully saturated rings. The number of carbonyl (C=O) groups is 1. The van der Waals surface area contributed by atoms with E-state index in [1.807, 2.05) is 13.2 Å². The van der Waals surface area contributed by atoms with Crippen LogP contribution >= 0.6 is 0 Å². The molecule has 1 amide bonds. The van der Waals surface area contributed by atoms with Crippen LogP contribution < -0.4 is 0 Å². The first-order valence-electron chi connectivity index (χ1n) is 8.34. The van der Waals surface area contributed by atoms with E-state index in [2.05, 4.69) is 14.9 Å². The molecular weight excluding hydrogens is 280 g/mol. The number of ether oxygens (including phenoxy) is 1. The molecule has 3 saturated heterocycles. The third-order valence-corrected chi connectivity index (χ3v) is 5.42. The van der Waals surface area contributed by atoms with Gasteiger partial charge in [0.2, 0.25) is 0 Å². The van der Waals surface area contributed by atoms with E-state index in [0.29, 0.717) is 23.6 Å². The van der Waals surface area contributed by atoms with Gasteiger partial charge >= 0.3 is 0 Å². The number of nitrogens with zero attached hydrogens (tertiary/aromatic N) is 4. The summed E-state index contributed by atoms with van der Waals surface area (Å²) in [6, 6.07) is 0.927. The maximum Gasteiger partial charge on any atom is 0.257 e. The van der Waals surface area contributed by atoms with E-state index < -0.39 is 0 Å². The number of likely N-dealkylation sites (tertiary alicyclic amines) is 2. The lowest BCUT2D eigenvalue weighted by Crippen LogP contribution is -2.40. The summed E-state index contributed by atoms with van der Waals surface area (Å²) in [5.74, 6) is 0.827. The predicted molar refractivity (Wildman–Crippen MR) is 81.6 cm³/mol. The highest BCUT2D eigenvalue weighted by molar-refractivity contribution is 5.94. The van der Waals surface area contributed by atoms with Crippen molar-refractivity contribution in [1.29, 1.82) is 0 Å². The average Bonchev–Trinajstić information content (AvgIpc) is 3.24. The quantitative estimate of drug-likeness (QED) is 0.827. The number of carbonyl (C=O) groups excluding carboxylic acids is 1. The Labute approximate surface area is 131 Å². The van der Waals surface area contributed by atoms with E-state index >= 15 is 0 Å². The second-order valence-corrected chi connectivity index (χ2v) is 6.84. The molecule has 1 unspecified atom stereocenters. The van der Waals surface area contributed by atoms with Crippen molar-refractivity contribution in [2.24, 2.45) is 13.0 Å². The Hall–Kier alpha value is -1.40. The minimum Gasteiger partial charge on any atom is -0.381 e. The standard InChI is InChI=1S/C16H24N4O2/c1-18-10-13(8-17-18)16(21)20-6-3-14-15(20)2-5-19(14)9-12-4-7-22-11-12/h8,10,12,14-15H,2-7,9,11H2,1H3/t12?,14-,15+/m1/s1. The highest BCUT2D eigenvalue weighted by atomic mass is 16.5. The molecule has 0 aliphatic carbocycles. The van der Waals surface area contributed by atoms with Gasteiger partial charge in [-0.25, -0.2) is 0 Å². The Kier molecular flexibility index (Phi) is 3.66. The van der Waals surface area contributed by atoms with Gasteiger partial charge in [-0.2, -0.15) is 5.10 Å². The predicted octanol–water partition coefficient (Wildman–Crippen LogP) is 0.745. The molecule has 1 aromatic heterocycles. The Balaban J connectivity index is 1.42. The number of aryl methyl sites for hydroxylation is 1. The van der Waals surface area contributed by atoms with E-state index in [4.69, 9.17) is 4.74 Å². The van der Waals surface area contributed by atoms with Crippen LogP contribution in [0.4, 0.5) is 0 Å². The van der Waals surface area contributed by atoms with E-state index in [0.717, 1.165) is 45.7 Å². The molecule has 3 aliphatic rings. The molecule has 6 nitrogen and oxygen atoms in total. The molecular formula is C16H24N4O2. The van der Waals surface area contributed by atoms with Crippen LogP contribution in [-0.4, -0.2) is 70.4 Å². The molecule has 0 spiro atoms. The summed E-state index contributed by atoms with van der Waals surface area (Å²) in [5.41, 5.74) is 0.714. The second-order valence-electron chi connectivity index (χ2n) is 6.84. The fourth-order valence-electron chi connectivity index (χ4n) is 4.31. The number of fused-ring (bicyclic) bond motifs is 1. The second kappa shape index (κ2) is 5.66. The van der Waals surface area contributed by atoms with Gasteiger partial charge in [0.25, 0.3) is 5.91 Å². The third-order valence-electron chi connectivity index (χ3n) is 5.42. The largest absolute Gasteiger partial charge is 0.381 e. The molecule has 1 aromatic rings. The van der Waals surface area contributed by atoms with Crippen molar-refractivity contribution in [3.63, 3.8) is 0 Å². The van der Waals surface area contributed by atoms with Gasteiger partial charge in [-0.05, 0) is 25.2 Å². The highest BCUT2D eigenvalue weighted by Crippen LogP contribution is 2.33. The van der Waals surface area contributed by atoms with E-state index in [1.54, 1.807) is 10.9 Å². The van der Waals surface area contributed by atoms with Crippen LogP contribution in [0.25, 0.3) is 0 Å². The van der Waals surface area contributed by atoms with Crippen molar-refractivity contribution < 1.29 is 9.53 Å². The summed E-state index contributed by atoms with van der Waals surface area (Å²) in [5, 5.41) is 4.12. The molecule has 0 bridgehead atoms. The fourth-order valence-corrected chi connectivity index (χ4v) is 4.31. The van der Waals surface area contributed by atoms with Crippen LogP contribution in [0.15, 0.2) is 12.4 Å². The number of amides is 1. The van der Waals surface area contributed by atoms with Gasteiger partial charge < -0.3 is 9.64 Å². The van der Waals surface area contributed by atoms with Crippen LogP contribution in [0.5, 0.6) is 0 Å². The van der Waals surface area contributed by atoms with Crippen LogP contribution in [0.1, 0.15) is 29.6 Å². The summed E-state index contributed by atoms with van der Waals surface area (Å²) >= 11 is 0. The highest BCUT2D eigenvalue weighted by Gasteiger charge is 2.45. The molecule has 3 aliphatic heterocycles. The van der Waals surface area contributed by atoms with Crippen molar-refractivity contribution >= 4 is 5.91 Å². The first-order chi connectivity index (χ1) is 10.7. The number of aromatic nitrogens is 2. The number of hydrogen-bond donors (Lipinski definition) is 0. The van der Waals surface area contributed by atoms with Crippen molar-refractivity contribution in [3.8, 4) is 0 Å². The molecule has 0 aromatic carbocycles. The van der Waals surface area contributed by atoms with Gasteiger partial charge in [-0.15, -0.1) is 0 Å². The SMILES string of the molecule is Cn1cc(C(=O)N2CC[C@@H]3[C@@H]2CCN3CC2CCOC2)cn1. The summed E-state index contributed by atoms with van der Waals surface area (Å²) < 4.78 is 7.19. The summed E-state index contributed by atoms with van der Waals surface area (Å²) in [6.45, 7) is 4.95. The van der Waals surface area contributed by atoms with Gasteiger partial charge in [0, 0.05) is 51.6 Å². The molecule has 4 heterocycles. The molecule has 6 heteroatoms. The van der Waals surface area contributed by atoms with E-state index in [1.165, 1.54) is 6.42 Å². The van der Waals surface area contributed by atoms with Gasteiger partial charge in [-0.1, -0.05) is 0 Å². The molecule has 3 atom stereocenters. The summed E-state index contributed by atoms with van der Waals surface area (Å²) in [7, 11) is 1.85. The van der Waals surface area contributed by atoms with Crippen molar-refractivity contribution in [1.82, 2.24) is 19.6 Å². The van der Waals surface area contributed by atoms with Gasteiger partial charge in [0.05, 0.1) is 18.4 Å². The molecule has 0 saturated carbocycles. The zero-order chi connectivity index (χ0) is 15.1. The van der Waals surface area contributed by atoms with Crippen LogP contribution in [-0.2, 0) is 11.8 Å². The lowest BCUT2D eigenvalue weighted by molar-refractivity contribution is 0.0730. The van der Waals surface area contributed by atoms with Gasteiger partial charge in [0.1, 0.15) is 0 Å². The Morgan fingerprint density at radius 1 is 1.32 bits per heavy atom. The molecule has 0 N–H and O–H groups in total. The summed E-state index contributed by atoms with van der Waals surface area (Å²) in [4.78, 5) is 17.4. The number of rotatable bonds is 3. The van der Waals surface area contributed by atoms with E-state index in [-0.39, 0.29) is 5.91 Å². The average molecular weight is 304 g/mol. The maximum atomic E-state index is 12.7. The third kappa shape index (κ3) is 2.44. The molecule has 4 rings (SSSR count). The molecule has 120 valence electrons. The molecule has 0 radical (unpaired) electrons. The lowest BCUT2D eigenvalue weighted by Gasteiger charge is -2.27. The van der Waals surface area contributed by atoms with Crippen LogP contribution in [0, 0.1) is 5.92 Å². The van der Waals surface area contributed by atoms with Crippen molar-refractivity contribution in [2.45, 2.75) is 31.3 Å². The smallest absolute Gasteiger partial charge is 0.257 e. The van der Waals surface area contributed by atoms with Crippen molar-refractivity contribution in [3.05, 3.63) is 18.0 Å². The number of hydrogen-bond acceptors (Lipinski definition) is 4. The van der Waals surface area contributed by atoms with Gasteiger partial charge in [-0.3, -0.25) is 14.4 Å². The molecule has 22 heavy (non-hydrogen) atoms. The zero-order valence-electron chi connectivity index (χ0n) is 13.1. The Morgan fingerprint density at radius 3 is 2.91 bits per heavy atom. The Morgan fingerprint density at radius 2 is 2.18 bits per heavy atom. The van der Waals surface area contributed by atoms with Crippen LogP contribution in [0.2, 0.25) is 0 Å². The topological polar surface area (TPSA) is 50.6 Å². The zero-order valence-corrected chi connectivity index (χ0v) is 13.1. The Bertz CT molecular complexity index is 552. The minimum atomic E-state index is 0.145. The van der Waals surface area contributed by atoms with Crippen molar-refractivity contribution in [2.75, 3.05) is 32.8 Å². The van der Waals surface area contributed by atoms with E-state index in [9.17, 15) is 4.79 Å². The minimum absolute atomic E-state index is 0.145.